The van der Waals surface area contributed by atoms with E-state index >= 15 is 0 Å². The van der Waals surface area contributed by atoms with Gasteiger partial charge in [-0.2, -0.15) is 0 Å². The number of carbonyl (C=O) groups is 1. The summed E-state index contributed by atoms with van der Waals surface area (Å²) in [7, 11) is 3.11. The molecule has 1 atom stereocenters. The van der Waals surface area contributed by atoms with Crippen LogP contribution in [-0.4, -0.2) is 56.5 Å². The van der Waals surface area contributed by atoms with Gasteiger partial charge in [-0.25, -0.2) is 0 Å². The highest BCUT2D eigenvalue weighted by atomic mass is 16.6. The van der Waals surface area contributed by atoms with Gasteiger partial charge in [0.25, 0.3) is 0 Å². The molecule has 1 saturated heterocycles. The Balaban J connectivity index is 2.59. The zero-order chi connectivity index (χ0) is 11.3. The van der Waals surface area contributed by atoms with Crippen LogP contribution >= 0.6 is 0 Å². The molecule has 1 aliphatic heterocycles. The molecular formula is C9H17N3O3. The number of hydrogen-bond acceptors (Lipinski definition) is 5. The van der Waals surface area contributed by atoms with Crippen LogP contribution in [0.5, 0.6) is 0 Å². The number of carbonyl (C=O) groups excluding carboxylic acids is 1. The van der Waals surface area contributed by atoms with E-state index in [2.05, 4.69) is 9.99 Å². The van der Waals surface area contributed by atoms with E-state index in [1.165, 1.54) is 7.11 Å². The van der Waals surface area contributed by atoms with Gasteiger partial charge in [-0.3, -0.25) is 9.69 Å². The number of nitrogens with zero attached hydrogens (tertiary/aromatic N) is 2. The number of oxime groups is 1. The minimum atomic E-state index is -0.326. The van der Waals surface area contributed by atoms with Crippen LogP contribution in [0.3, 0.4) is 0 Å². The van der Waals surface area contributed by atoms with Gasteiger partial charge in [0.1, 0.15) is 7.11 Å². The van der Waals surface area contributed by atoms with Crippen molar-refractivity contribution in [2.24, 2.45) is 10.9 Å². The van der Waals surface area contributed by atoms with Crippen LogP contribution < -0.4 is 5.73 Å². The monoisotopic (exact) mass is 215 g/mol. The summed E-state index contributed by atoms with van der Waals surface area (Å²) in [5.74, 6) is -0.326. The topological polar surface area (TPSA) is 77.2 Å². The highest BCUT2D eigenvalue weighted by molar-refractivity contribution is 5.95. The second-order valence-electron chi connectivity index (χ2n) is 3.43. The highest BCUT2D eigenvalue weighted by Gasteiger charge is 2.33. The van der Waals surface area contributed by atoms with Crippen molar-refractivity contribution in [2.45, 2.75) is 12.5 Å². The van der Waals surface area contributed by atoms with Gasteiger partial charge in [0, 0.05) is 26.6 Å². The Kier molecular flexibility index (Phi) is 4.51. The van der Waals surface area contributed by atoms with E-state index in [4.69, 9.17) is 10.5 Å². The first-order chi connectivity index (χ1) is 7.19. The van der Waals surface area contributed by atoms with Crippen molar-refractivity contribution >= 4 is 11.6 Å². The van der Waals surface area contributed by atoms with Gasteiger partial charge < -0.3 is 15.3 Å². The number of amides is 1. The van der Waals surface area contributed by atoms with Crippen LogP contribution in [0, 0.1) is 0 Å². The Hall–Kier alpha value is -1.14. The van der Waals surface area contributed by atoms with E-state index < -0.39 is 0 Å². The molecule has 15 heavy (non-hydrogen) atoms. The van der Waals surface area contributed by atoms with Crippen LogP contribution in [0.1, 0.15) is 6.42 Å². The van der Waals surface area contributed by atoms with Crippen molar-refractivity contribution in [1.82, 2.24) is 4.90 Å². The lowest BCUT2D eigenvalue weighted by Gasteiger charge is -2.19. The number of hydrogen-bond donors (Lipinski definition) is 1. The molecule has 1 aliphatic rings. The summed E-state index contributed by atoms with van der Waals surface area (Å²) in [5.41, 5.74) is 6.15. The molecule has 1 amide bonds. The van der Waals surface area contributed by atoms with Gasteiger partial charge in [-0.1, -0.05) is 5.16 Å². The summed E-state index contributed by atoms with van der Waals surface area (Å²) in [4.78, 5) is 17.8. The Morgan fingerprint density at radius 2 is 2.40 bits per heavy atom. The molecule has 0 bridgehead atoms. The fraction of sp³-hybridized carbons (Fsp3) is 0.778. The molecule has 0 aromatic carbocycles. The van der Waals surface area contributed by atoms with E-state index in [1.54, 1.807) is 7.11 Å². The lowest BCUT2D eigenvalue weighted by Crippen LogP contribution is -2.41. The fourth-order valence-corrected chi connectivity index (χ4v) is 1.68. The van der Waals surface area contributed by atoms with Crippen molar-refractivity contribution in [3.63, 3.8) is 0 Å². The largest absolute Gasteiger partial charge is 0.399 e. The summed E-state index contributed by atoms with van der Waals surface area (Å²) in [6.45, 7) is 1.86. The number of methoxy groups -OCH3 is 1. The molecule has 0 aromatic rings. The number of ether oxygens (including phenoxy) is 1. The molecule has 6 heteroatoms. The highest BCUT2D eigenvalue weighted by Crippen LogP contribution is 2.14. The summed E-state index contributed by atoms with van der Waals surface area (Å²) >= 11 is 0. The van der Waals surface area contributed by atoms with E-state index in [0.29, 0.717) is 26.1 Å². The molecule has 0 aromatic heterocycles. The van der Waals surface area contributed by atoms with E-state index in [-0.39, 0.29) is 11.9 Å². The predicted octanol–water partition coefficient (Wildman–Crippen LogP) is -0.805. The van der Waals surface area contributed by atoms with Crippen LogP contribution in [0.2, 0.25) is 0 Å². The quantitative estimate of drug-likeness (QED) is 0.609. The van der Waals surface area contributed by atoms with Gasteiger partial charge in [-0.05, 0) is 0 Å². The first-order valence-electron chi connectivity index (χ1n) is 4.80. The van der Waals surface area contributed by atoms with Crippen molar-refractivity contribution < 1.29 is 14.4 Å². The molecular weight excluding hydrogens is 198 g/mol. The smallest absolute Gasteiger partial charge is 0.235 e. The van der Waals surface area contributed by atoms with Crippen molar-refractivity contribution in [3.8, 4) is 0 Å². The van der Waals surface area contributed by atoms with Crippen LogP contribution in [0.4, 0.5) is 0 Å². The standard InChI is InChI=1S/C9H17N3O3/c1-14-4-3-12-6-7(11-15-2)5-8(12)9(10)13/h8H,3-6H2,1-2H3,(H2,10,13). The normalized spacial score (nSPS) is 24.7. The van der Waals surface area contributed by atoms with Crippen LogP contribution in [0.25, 0.3) is 0 Å². The van der Waals surface area contributed by atoms with Crippen LogP contribution in [-0.2, 0) is 14.4 Å². The molecule has 1 unspecified atom stereocenters. The van der Waals surface area contributed by atoms with Crippen molar-refractivity contribution in [1.29, 1.82) is 0 Å². The Labute approximate surface area is 89.0 Å². The number of likely N-dealkylation sites (tertiary alicyclic amines) is 1. The van der Waals surface area contributed by atoms with E-state index in [0.717, 1.165) is 5.71 Å². The van der Waals surface area contributed by atoms with Gasteiger partial charge in [0.2, 0.25) is 5.91 Å². The third-order valence-corrected chi connectivity index (χ3v) is 2.39. The third-order valence-electron chi connectivity index (χ3n) is 2.39. The maximum absolute atomic E-state index is 11.2. The Morgan fingerprint density at radius 3 is 2.93 bits per heavy atom. The maximum Gasteiger partial charge on any atom is 0.235 e. The molecule has 0 radical (unpaired) electrons. The van der Waals surface area contributed by atoms with Gasteiger partial charge in [-0.15, -0.1) is 0 Å². The molecule has 2 N–H and O–H groups in total. The zero-order valence-electron chi connectivity index (χ0n) is 9.10. The summed E-state index contributed by atoms with van der Waals surface area (Å²) in [5, 5.41) is 3.84. The molecule has 86 valence electrons. The fourth-order valence-electron chi connectivity index (χ4n) is 1.68. The van der Waals surface area contributed by atoms with Gasteiger partial charge in [0.15, 0.2) is 0 Å². The van der Waals surface area contributed by atoms with Crippen LogP contribution in [0.15, 0.2) is 5.16 Å². The average molecular weight is 215 g/mol. The Bertz CT molecular complexity index is 255. The molecule has 1 rings (SSSR count). The average Bonchev–Trinajstić information content (AvgIpc) is 2.59. The van der Waals surface area contributed by atoms with Gasteiger partial charge >= 0.3 is 0 Å². The predicted molar refractivity (Wildman–Crippen MR) is 55.5 cm³/mol. The zero-order valence-corrected chi connectivity index (χ0v) is 9.10. The lowest BCUT2D eigenvalue weighted by atomic mass is 10.2. The SMILES string of the molecule is COCCN1CC(=NOC)CC1C(N)=O. The molecule has 0 spiro atoms. The number of rotatable bonds is 5. The minimum absolute atomic E-state index is 0.283. The molecule has 1 fully saturated rings. The second kappa shape index (κ2) is 5.67. The second-order valence-corrected chi connectivity index (χ2v) is 3.43. The van der Waals surface area contributed by atoms with E-state index in [9.17, 15) is 4.79 Å². The van der Waals surface area contributed by atoms with Crippen molar-refractivity contribution in [2.75, 3.05) is 33.9 Å². The number of primary amides is 1. The summed E-state index contributed by atoms with van der Waals surface area (Å²) in [6, 6.07) is -0.283. The molecule has 0 saturated carbocycles. The number of nitrogens with two attached hydrogens (primary N) is 1. The molecule has 1 heterocycles. The minimum Gasteiger partial charge on any atom is -0.399 e. The Morgan fingerprint density at radius 1 is 1.67 bits per heavy atom. The molecule has 0 aliphatic carbocycles. The maximum atomic E-state index is 11.2. The van der Waals surface area contributed by atoms with Crippen molar-refractivity contribution in [3.05, 3.63) is 0 Å². The van der Waals surface area contributed by atoms with E-state index in [1.807, 2.05) is 4.90 Å². The lowest BCUT2D eigenvalue weighted by molar-refractivity contribution is -0.122. The first kappa shape index (κ1) is 11.9. The molecule has 6 nitrogen and oxygen atoms in total. The summed E-state index contributed by atoms with van der Waals surface area (Å²) < 4.78 is 4.96. The summed E-state index contributed by atoms with van der Waals surface area (Å²) in [6.07, 6.45) is 0.548. The third kappa shape index (κ3) is 3.17. The van der Waals surface area contributed by atoms with Gasteiger partial charge in [0.05, 0.1) is 18.4 Å². The first-order valence-corrected chi connectivity index (χ1v) is 4.80.